The number of hydrogen-bond acceptors (Lipinski definition) is 0. The second-order valence-corrected chi connectivity index (χ2v) is 3.91. The van der Waals surface area contributed by atoms with E-state index in [4.69, 9.17) is 0 Å². The minimum absolute atomic E-state index is 0.382. The molecule has 1 unspecified atom stereocenters. The van der Waals surface area contributed by atoms with Crippen molar-refractivity contribution >= 4 is 0 Å². The van der Waals surface area contributed by atoms with Crippen molar-refractivity contribution in [1.82, 2.24) is 0 Å². The van der Waals surface area contributed by atoms with Crippen molar-refractivity contribution in [2.24, 2.45) is 17.8 Å². The highest BCUT2D eigenvalue weighted by atomic mass is 19.1. The molecular formula is C9H17F. The molecule has 0 bridgehead atoms. The summed E-state index contributed by atoms with van der Waals surface area (Å²) in [4.78, 5) is 0. The largest absolute Gasteiger partial charge is 0.247 e. The molecule has 0 aliphatic heterocycles. The molecule has 0 saturated heterocycles. The molecule has 1 atom stereocenters. The fourth-order valence-corrected chi connectivity index (χ4v) is 1.63. The van der Waals surface area contributed by atoms with E-state index in [9.17, 15) is 4.39 Å². The van der Waals surface area contributed by atoms with Gasteiger partial charge in [0.1, 0.15) is 6.17 Å². The Labute approximate surface area is 62.8 Å². The molecule has 1 aliphatic carbocycles. The van der Waals surface area contributed by atoms with Crippen molar-refractivity contribution in [1.29, 1.82) is 0 Å². The van der Waals surface area contributed by atoms with E-state index in [1.54, 1.807) is 6.92 Å². The van der Waals surface area contributed by atoms with Crippen molar-refractivity contribution in [3.63, 3.8) is 0 Å². The van der Waals surface area contributed by atoms with Crippen LogP contribution in [0, 0.1) is 17.8 Å². The average Bonchev–Trinajstić information content (AvgIpc) is 1.56. The summed E-state index contributed by atoms with van der Waals surface area (Å²) in [5.74, 6) is 1.95. The Morgan fingerprint density at radius 1 is 1.10 bits per heavy atom. The molecule has 1 fully saturated rings. The molecule has 1 heteroatoms. The molecule has 0 amide bonds. The van der Waals surface area contributed by atoms with Gasteiger partial charge in [-0.1, -0.05) is 13.8 Å². The zero-order valence-electron chi connectivity index (χ0n) is 7.10. The first-order valence-electron chi connectivity index (χ1n) is 4.25. The Morgan fingerprint density at radius 3 is 1.90 bits per heavy atom. The highest BCUT2D eigenvalue weighted by Crippen LogP contribution is 2.41. The number of halogens is 1. The highest BCUT2D eigenvalue weighted by Gasteiger charge is 2.34. The lowest BCUT2D eigenvalue weighted by atomic mass is 9.68. The first-order valence-corrected chi connectivity index (χ1v) is 4.25. The van der Waals surface area contributed by atoms with Gasteiger partial charge >= 0.3 is 0 Å². The van der Waals surface area contributed by atoms with E-state index in [0.717, 1.165) is 24.7 Å². The number of hydrogen-bond donors (Lipinski definition) is 0. The third-order valence-corrected chi connectivity index (χ3v) is 2.80. The summed E-state index contributed by atoms with van der Waals surface area (Å²) in [5, 5.41) is 0. The third kappa shape index (κ3) is 1.50. The smallest absolute Gasteiger partial charge is 0.100 e. The summed E-state index contributed by atoms with van der Waals surface area (Å²) < 4.78 is 12.6. The second kappa shape index (κ2) is 2.89. The predicted octanol–water partition coefficient (Wildman–Crippen LogP) is 3.03. The second-order valence-electron chi connectivity index (χ2n) is 3.91. The molecule has 0 aromatic rings. The van der Waals surface area contributed by atoms with Crippen LogP contribution in [0.25, 0.3) is 0 Å². The fourth-order valence-electron chi connectivity index (χ4n) is 1.63. The lowest BCUT2D eigenvalue weighted by molar-refractivity contribution is 0.0726. The van der Waals surface area contributed by atoms with E-state index in [1.165, 1.54) is 0 Å². The van der Waals surface area contributed by atoms with Crippen LogP contribution in [0.1, 0.15) is 33.6 Å². The van der Waals surface area contributed by atoms with Gasteiger partial charge in [0.25, 0.3) is 0 Å². The van der Waals surface area contributed by atoms with Crippen molar-refractivity contribution in [2.75, 3.05) is 0 Å². The van der Waals surface area contributed by atoms with Gasteiger partial charge in [-0.25, -0.2) is 4.39 Å². The van der Waals surface area contributed by atoms with Crippen LogP contribution in [-0.4, -0.2) is 6.17 Å². The van der Waals surface area contributed by atoms with E-state index < -0.39 is 6.17 Å². The summed E-state index contributed by atoms with van der Waals surface area (Å²) in [6.07, 6.45) is 1.67. The Bertz CT molecular complexity index is 89.3. The van der Waals surface area contributed by atoms with Crippen molar-refractivity contribution in [2.45, 2.75) is 39.8 Å². The van der Waals surface area contributed by atoms with Gasteiger partial charge in [-0.05, 0) is 37.5 Å². The van der Waals surface area contributed by atoms with Gasteiger partial charge in [-0.2, -0.15) is 0 Å². The molecule has 0 nitrogen and oxygen atoms in total. The topological polar surface area (TPSA) is 0 Å². The molecule has 0 N–H and O–H groups in total. The zero-order chi connectivity index (χ0) is 7.72. The third-order valence-electron chi connectivity index (χ3n) is 2.80. The van der Waals surface area contributed by atoms with E-state index >= 15 is 0 Å². The summed E-state index contributed by atoms with van der Waals surface area (Å²) in [7, 11) is 0. The summed E-state index contributed by atoms with van der Waals surface area (Å²) in [6.45, 7) is 6.13. The van der Waals surface area contributed by atoms with Gasteiger partial charge in [0, 0.05) is 0 Å². The summed E-state index contributed by atoms with van der Waals surface area (Å²) in [5.41, 5.74) is 0. The lowest BCUT2D eigenvalue weighted by Crippen LogP contribution is -2.32. The van der Waals surface area contributed by atoms with Crippen LogP contribution in [0.15, 0.2) is 0 Å². The maximum Gasteiger partial charge on any atom is 0.100 e. The molecule has 0 aromatic carbocycles. The van der Waals surface area contributed by atoms with Gasteiger partial charge in [0.05, 0.1) is 0 Å². The Hall–Kier alpha value is -0.0700. The average molecular weight is 144 g/mol. The first-order chi connectivity index (χ1) is 4.61. The predicted molar refractivity (Wildman–Crippen MR) is 41.6 cm³/mol. The van der Waals surface area contributed by atoms with Gasteiger partial charge in [-0.15, -0.1) is 0 Å². The maximum atomic E-state index is 12.6. The lowest BCUT2D eigenvalue weighted by Gasteiger charge is -2.38. The maximum absolute atomic E-state index is 12.6. The van der Waals surface area contributed by atoms with Crippen molar-refractivity contribution < 1.29 is 4.39 Å². The normalized spacial score (nSPS) is 35.7. The fraction of sp³-hybridized carbons (Fsp3) is 1.00. The minimum atomic E-state index is -0.574. The van der Waals surface area contributed by atoms with Crippen LogP contribution >= 0.6 is 0 Å². The van der Waals surface area contributed by atoms with Crippen LogP contribution < -0.4 is 0 Å². The Morgan fingerprint density at radius 2 is 1.60 bits per heavy atom. The molecule has 0 radical (unpaired) electrons. The van der Waals surface area contributed by atoms with Crippen molar-refractivity contribution in [3.8, 4) is 0 Å². The summed E-state index contributed by atoms with van der Waals surface area (Å²) in [6, 6.07) is 0. The van der Waals surface area contributed by atoms with E-state index in [1.807, 2.05) is 0 Å². The SMILES string of the molecule is CC(C)C1CC(C(C)F)C1. The van der Waals surface area contributed by atoms with Crippen LogP contribution in [0.2, 0.25) is 0 Å². The number of rotatable bonds is 2. The Balaban J connectivity index is 2.18. The van der Waals surface area contributed by atoms with Gasteiger partial charge in [-0.3, -0.25) is 0 Å². The quantitative estimate of drug-likeness (QED) is 0.559. The first kappa shape index (κ1) is 8.03. The van der Waals surface area contributed by atoms with Gasteiger partial charge < -0.3 is 0 Å². The molecule has 0 aromatic heterocycles. The molecule has 1 aliphatic rings. The highest BCUT2D eigenvalue weighted by molar-refractivity contribution is 4.84. The van der Waals surface area contributed by atoms with Gasteiger partial charge in [0.15, 0.2) is 0 Å². The van der Waals surface area contributed by atoms with Crippen LogP contribution in [0.3, 0.4) is 0 Å². The molecule has 0 heterocycles. The van der Waals surface area contributed by atoms with Crippen LogP contribution in [0.5, 0.6) is 0 Å². The van der Waals surface area contributed by atoms with E-state index in [0.29, 0.717) is 5.92 Å². The minimum Gasteiger partial charge on any atom is -0.247 e. The number of alkyl halides is 1. The molecule has 1 rings (SSSR count). The zero-order valence-corrected chi connectivity index (χ0v) is 7.10. The van der Waals surface area contributed by atoms with Crippen molar-refractivity contribution in [3.05, 3.63) is 0 Å². The van der Waals surface area contributed by atoms with Gasteiger partial charge in [0.2, 0.25) is 0 Å². The molecule has 0 spiro atoms. The monoisotopic (exact) mass is 144 g/mol. The standard InChI is InChI=1S/C9H17F/c1-6(2)8-4-9(5-8)7(3)10/h6-9H,4-5H2,1-3H3. The molecule has 60 valence electrons. The van der Waals surface area contributed by atoms with E-state index in [-0.39, 0.29) is 0 Å². The van der Waals surface area contributed by atoms with E-state index in [2.05, 4.69) is 13.8 Å². The molecule has 10 heavy (non-hydrogen) atoms. The van der Waals surface area contributed by atoms with Crippen LogP contribution in [-0.2, 0) is 0 Å². The molecule has 1 saturated carbocycles. The summed E-state index contributed by atoms with van der Waals surface area (Å²) >= 11 is 0. The Kier molecular flexibility index (Phi) is 2.32. The van der Waals surface area contributed by atoms with Crippen LogP contribution in [0.4, 0.5) is 4.39 Å². The molecular weight excluding hydrogens is 127 g/mol.